The van der Waals surface area contributed by atoms with Crippen LogP contribution in [0.4, 0.5) is 0 Å². The van der Waals surface area contributed by atoms with Crippen molar-refractivity contribution in [3.63, 3.8) is 0 Å². The third kappa shape index (κ3) is 6.50. The Morgan fingerprint density at radius 2 is 1.64 bits per heavy atom. The highest BCUT2D eigenvalue weighted by Gasteiger charge is 2.30. The van der Waals surface area contributed by atoms with E-state index in [0.29, 0.717) is 0 Å². The van der Waals surface area contributed by atoms with Crippen LogP contribution in [0.3, 0.4) is 0 Å². The Morgan fingerprint density at radius 1 is 0.944 bits per heavy atom. The summed E-state index contributed by atoms with van der Waals surface area (Å²) in [6.07, 6.45) is 0.761. The predicted molar refractivity (Wildman–Crippen MR) is 143 cm³/mol. The summed E-state index contributed by atoms with van der Waals surface area (Å²) in [5.41, 5.74) is 1.90. The maximum absolute atomic E-state index is 13.5. The number of carbonyl (C=O) groups excluding carboxylic acids is 2. The summed E-state index contributed by atoms with van der Waals surface area (Å²) in [5, 5.41) is 4.66. The number of carbonyl (C=O) groups is 2. The summed E-state index contributed by atoms with van der Waals surface area (Å²) in [5.74, 6) is -0.722. The van der Waals surface area contributed by atoms with E-state index in [1.165, 1.54) is 11.9 Å². The molecule has 0 fully saturated rings. The van der Waals surface area contributed by atoms with Crippen LogP contribution in [0.1, 0.15) is 38.3 Å². The van der Waals surface area contributed by atoms with Crippen LogP contribution in [0.25, 0.3) is 10.8 Å². The molecule has 2 atom stereocenters. The van der Waals surface area contributed by atoms with Gasteiger partial charge in [-0.3, -0.25) is 9.59 Å². The first-order chi connectivity index (χ1) is 17.0. The SMILES string of the molecule is CC[C@H](C)NC(=O)[C@@H](C)N(Cc1cccc(C)c1)C(=O)CN(C)S(=O)(=O)c1ccc2ccccc2c1. The van der Waals surface area contributed by atoms with Gasteiger partial charge in [0.25, 0.3) is 0 Å². The van der Waals surface area contributed by atoms with Gasteiger partial charge in [0.1, 0.15) is 6.04 Å². The summed E-state index contributed by atoms with van der Waals surface area (Å²) < 4.78 is 27.6. The first-order valence-electron chi connectivity index (χ1n) is 12.1. The summed E-state index contributed by atoms with van der Waals surface area (Å²) in [7, 11) is -2.54. The van der Waals surface area contributed by atoms with E-state index in [1.54, 1.807) is 25.1 Å². The molecule has 0 bridgehead atoms. The first kappa shape index (κ1) is 27.4. The van der Waals surface area contributed by atoms with Crippen LogP contribution >= 0.6 is 0 Å². The monoisotopic (exact) mass is 509 g/mol. The van der Waals surface area contributed by atoms with Gasteiger partial charge in [-0.15, -0.1) is 0 Å². The fourth-order valence-electron chi connectivity index (χ4n) is 3.93. The smallest absolute Gasteiger partial charge is 0.243 e. The minimum absolute atomic E-state index is 0.0353. The molecule has 0 aliphatic rings. The van der Waals surface area contributed by atoms with Gasteiger partial charge in [0, 0.05) is 19.6 Å². The van der Waals surface area contributed by atoms with Crippen molar-refractivity contribution in [1.82, 2.24) is 14.5 Å². The maximum atomic E-state index is 13.5. The number of nitrogens with one attached hydrogen (secondary N) is 1. The number of fused-ring (bicyclic) bond motifs is 1. The van der Waals surface area contributed by atoms with Crippen molar-refractivity contribution in [3.05, 3.63) is 77.9 Å². The highest BCUT2D eigenvalue weighted by molar-refractivity contribution is 7.89. The maximum Gasteiger partial charge on any atom is 0.243 e. The second-order valence-corrected chi connectivity index (χ2v) is 11.3. The largest absolute Gasteiger partial charge is 0.352 e. The lowest BCUT2D eigenvalue weighted by atomic mass is 10.1. The van der Waals surface area contributed by atoms with Crippen LogP contribution in [-0.4, -0.2) is 55.1 Å². The summed E-state index contributed by atoms with van der Waals surface area (Å²) >= 11 is 0. The predicted octanol–water partition coefficient (Wildman–Crippen LogP) is 4.10. The summed E-state index contributed by atoms with van der Waals surface area (Å²) in [4.78, 5) is 27.9. The molecule has 0 radical (unpaired) electrons. The molecule has 7 nitrogen and oxygen atoms in total. The Labute approximate surface area is 214 Å². The van der Waals surface area contributed by atoms with Gasteiger partial charge in [0.15, 0.2) is 0 Å². The van der Waals surface area contributed by atoms with Crippen LogP contribution in [0.2, 0.25) is 0 Å². The van der Waals surface area contributed by atoms with Crippen molar-refractivity contribution in [2.75, 3.05) is 13.6 Å². The van der Waals surface area contributed by atoms with Crippen molar-refractivity contribution in [2.45, 2.75) is 57.6 Å². The van der Waals surface area contributed by atoms with E-state index in [9.17, 15) is 18.0 Å². The minimum Gasteiger partial charge on any atom is -0.352 e. The summed E-state index contributed by atoms with van der Waals surface area (Å²) in [6, 6.07) is 19.3. The zero-order valence-electron chi connectivity index (χ0n) is 21.6. The standard InChI is InChI=1S/C28H35N3O4S/c1-6-21(3)29-28(33)22(4)31(18-23-11-9-10-20(2)16-23)27(32)19-30(5)36(34,35)26-15-14-24-12-7-8-13-25(24)17-26/h7-17,21-22H,6,18-19H2,1-5H3,(H,29,33)/t21-,22+/m0/s1. The Bertz CT molecular complexity index is 1340. The number of benzene rings is 3. The fourth-order valence-corrected chi connectivity index (χ4v) is 5.09. The number of amides is 2. The van der Waals surface area contributed by atoms with Crippen molar-refractivity contribution >= 4 is 32.6 Å². The second kappa shape index (κ2) is 11.7. The molecular weight excluding hydrogens is 474 g/mol. The van der Waals surface area contributed by atoms with Gasteiger partial charge in [-0.25, -0.2) is 8.42 Å². The Balaban J connectivity index is 1.85. The Kier molecular flexibility index (Phi) is 8.87. The molecule has 2 amide bonds. The molecule has 0 heterocycles. The van der Waals surface area contributed by atoms with E-state index in [0.717, 1.165) is 32.6 Å². The number of nitrogens with zero attached hydrogens (tertiary/aromatic N) is 2. The van der Waals surface area contributed by atoms with Gasteiger partial charge < -0.3 is 10.2 Å². The van der Waals surface area contributed by atoms with Crippen LogP contribution in [-0.2, 0) is 26.2 Å². The molecule has 1 N–H and O–H groups in total. The van der Waals surface area contributed by atoms with E-state index in [2.05, 4.69) is 5.32 Å². The Hall–Kier alpha value is -3.23. The van der Waals surface area contributed by atoms with Gasteiger partial charge in [0.2, 0.25) is 21.8 Å². The number of sulfonamides is 1. The molecule has 0 aromatic heterocycles. The van der Waals surface area contributed by atoms with Crippen LogP contribution in [0.5, 0.6) is 0 Å². The average molecular weight is 510 g/mol. The van der Waals surface area contributed by atoms with Crippen molar-refractivity contribution in [1.29, 1.82) is 0 Å². The molecular formula is C28H35N3O4S. The number of likely N-dealkylation sites (N-methyl/N-ethyl adjacent to an activating group) is 1. The van der Waals surface area contributed by atoms with Gasteiger partial charge in [0.05, 0.1) is 11.4 Å². The highest BCUT2D eigenvalue weighted by Crippen LogP contribution is 2.22. The third-order valence-electron chi connectivity index (χ3n) is 6.39. The number of aryl methyl sites for hydroxylation is 1. The number of hydrogen-bond acceptors (Lipinski definition) is 4. The lowest BCUT2D eigenvalue weighted by Gasteiger charge is -2.31. The van der Waals surface area contributed by atoms with Gasteiger partial charge in [-0.05, 0) is 55.7 Å². The zero-order chi connectivity index (χ0) is 26.5. The molecule has 0 aliphatic carbocycles. The van der Waals surface area contributed by atoms with E-state index in [1.807, 2.05) is 69.3 Å². The van der Waals surface area contributed by atoms with E-state index < -0.39 is 22.0 Å². The first-order valence-corrected chi connectivity index (χ1v) is 13.6. The van der Waals surface area contributed by atoms with E-state index in [-0.39, 0.29) is 29.9 Å². The molecule has 0 spiro atoms. The Morgan fingerprint density at radius 3 is 2.31 bits per heavy atom. The van der Waals surface area contributed by atoms with Crippen LogP contribution in [0, 0.1) is 6.92 Å². The molecule has 3 aromatic carbocycles. The van der Waals surface area contributed by atoms with Crippen LogP contribution in [0.15, 0.2) is 71.6 Å². The van der Waals surface area contributed by atoms with Gasteiger partial charge >= 0.3 is 0 Å². The molecule has 0 saturated heterocycles. The minimum atomic E-state index is -3.92. The number of rotatable bonds is 10. The van der Waals surface area contributed by atoms with E-state index in [4.69, 9.17) is 0 Å². The topological polar surface area (TPSA) is 86.8 Å². The molecule has 192 valence electrons. The molecule has 0 unspecified atom stereocenters. The molecule has 3 rings (SSSR count). The molecule has 36 heavy (non-hydrogen) atoms. The zero-order valence-corrected chi connectivity index (χ0v) is 22.4. The second-order valence-electron chi connectivity index (χ2n) is 9.27. The van der Waals surface area contributed by atoms with E-state index >= 15 is 0 Å². The highest BCUT2D eigenvalue weighted by atomic mass is 32.2. The quantitative estimate of drug-likeness (QED) is 0.446. The van der Waals surface area contributed by atoms with Gasteiger partial charge in [-0.2, -0.15) is 4.31 Å². The molecule has 3 aromatic rings. The lowest BCUT2D eigenvalue weighted by molar-refractivity contribution is -0.140. The average Bonchev–Trinajstić information content (AvgIpc) is 2.86. The molecule has 0 saturated carbocycles. The van der Waals surface area contributed by atoms with Crippen molar-refractivity contribution in [3.8, 4) is 0 Å². The molecule has 0 aliphatic heterocycles. The third-order valence-corrected chi connectivity index (χ3v) is 8.19. The molecule has 8 heteroatoms. The van der Waals surface area contributed by atoms with Crippen molar-refractivity contribution in [2.24, 2.45) is 0 Å². The number of hydrogen-bond donors (Lipinski definition) is 1. The summed E-state index contributed by atoms with van der Waals surface area (Å²) in [6.45, 7) is 7.31. The van der Waals surface area contributed by atoms with Crippen molar-refractivity contribution < 1.29 is 18.0 Å². The van der Waals surface area contributed by atoms with Crippen LogP contribution < -0.4 is 5.32 Å². The van der Waals surface area contributed by atoms with Gasteiger partial charge in [-0.1, -0.05) is 67.1 Å². The lowest BCUT2D eigenvalue weighted by Crippen LogP contribution is -2.51. The fraction of sp³-hybridized carbons (Fsp3) is 0.357. The normalized spacial score (nSPS) is 13.4.